The topological polar surface area (TPSA) is 89.7 Å². The molecule has 0 aromatic heterocycles. The molecule has 0 atom stereocenters. The second kappa shape index (κ2) is 5.11. The zero-order valence-corrected chi connectivity index (χ0v) is 9.17. The van der Waals surface area contributed by atoms with Crippen LogP contribution < -0.4 is 4.74 Å². The minimum absolute atomic E-state index is 0.0627. The lowest BCUT2D eigenvalue weighted by Crippen LogP contribution is -2.03. The van der Waals surface area contributed by atoms with Crippen LogP contribution in [0.2, 0.25) is 0 Å². The van der Waals surface area contributed by atoms with Crippen LogP contribution in [0, 0.1) is 10.1 Å². The number of carboxylic acids is 1. The Bertz CT molecular complexity index is 481. The summed E-state index contributed by atoms with van der Waals surface area (Å²) < 4.78 is 5.15. The summed E-state index contributed by atoms with van der Waals surface area (Å²) in [5, 5.41) is 19.5. The molecule has 6 nitrogen and oxygen atoms in total. The van der Waals surface area contributed by atoms with Crippen molar-refractivity contribution in [1.29, 1.82) is 0 Å². The van der Waals surface area contributed by atoms with Gasteiger partial charge in [0.25, 0.3) is 0 Å². The summed E-state index contributed by atoms with van der Waals surface area (Å²) in [6.07, 6.45) is 0. The van der Waals surface area contributed by atoms with Crippen LogP contribution >= 0.6 is 0 Å². The smallest absolute Gasteiger partial charge is 0.335 e. The molecule has 0 aliphatic rings. The van der Waals surface area contributed by atoms with Crippen molar-refractivity contribution in [2.75, 3.05) is 6.61 Å². The summed E-state index contributed by atoms with van der Waals surface area (Å²) in [6.45, 7) is 5.39. The van der Waals surface area contributed by atoms with E-state index in [4.69, 9.17) is 9.84 Å². The first-order valence-electron chi connectivity index (χ1n) is 4.70. The van der Waals surface area contributed by atoms with Gasteiger partial charge in [0.1, 0.15) is 6.61 Å². The van der Waals surface area contributed by atoms with Crippen LogP contribution in [0.15, 0.2) is 30.4 Å². The fourth-order valence-corrected chi connectivity index (χ4v) is 1.11. The third kappa shape index (κ3) is 3.30. The second-order valence-corrected chi connectivity index (χ2v) is 3.49. The van der Waals surface area contributed by atoms with E-state index >= 15 is 0 Å². The highest BCUT2D eigenvalue weighted by Gasteiger charge is 2.17. The molecule has 6 heteroatoms. The molecule has 0 radical (unpaired) electrons. The normalized spacial score (nSPS) is 9.71. The number of nitrogens with zero attached hydrogens (tertiary/aromatic N) is 1. The minimum atomic E-state index is -1.17. The molecule has 0 bridgehead atoms. The summed E-state index contributed by atoms with van der Waals surface area (Å²) in [6, 6.07) is 3.40. The maximum absolute atomic E-state index is 10.7. The third-order valence-corrected chi connectivity index (χ3v) is 1.88. The lowest BCUT2D eigenvalue weighted by molar-refractivity contribution is -0.385. The molecule has 0 aliphatic carbocycles. The lowest BCUT2D eigenvalue weighted by atomic mass is 10.2. The Balaban J connectivity index is 3.11. The highest BCUT2D eigenvalue weighted by molar-refractivity contribution is 5.88. The summed E-state index contributed by atoms with van der Waals surface area (Å²) >= 11 is 0. The molecule has 0 aliphatic heterocycles. The van der Waals surface area contributed by atoms with Gasteiger partial charge in [0.15, 0.2) is 5.75 Å². The Morgan fingerprint density at radius 2 is 2.24 bits per heavy atom. The van der Waals surface area contributed by atoms with Gasteiger partial charge in [0.05, 0.1) is 10.5 Å². The molecular weight excluding hydrogens is 226 g/mol. The Kier molecular flexibility index (Phi) is 3.82. The van der Waals surface area contributed by atoms with Crippen molar-refractivity contribution in [2.45, 2.75) is 6.92 Å². The van der Waals surface area contributed by atoms with Crippen molar-refractivity contribution in [1.82, 2.24) is 0 Å². The number of carbonyl (C=O) groups is 1. The van der Waals surface area contributed by atoms with Crippen LogP contribution in [0.4, 0.5) is 5.69 Å². The third-order valence-electron chi connectivity index (χ3n) is 1.88. The Morgan fingerprint density at radius 1 is 1.59 bits per heavy atom. The van der Waals surface area contributed by atoms with Crippen molar-refractivity contribution < 1.29 is 19.6 Å². The standard InChI is InChI=1S/C11H11NO5/c1-7(2)6-17-10-5-8(11(13)14)3-4-9(10)12(15)16/h3-5H,1,6H2,2H3,(H,13,14). The summed E-state index contributed by atoms with van der Waals surface area (Å²) in [5.41, 5.74) is 0.351. The van der Waals surface area contributed by atoms with E-state index in [0.717, 1.165) is 18.2 Å². The number of nitro groups is 1. The van der Waals surface area contributed by atoms with Crippen molar-refractivity contribution >= 4 is 11.7 Å². The van der Waals surface area contributed by atoms with Crippen molar-refractivity contribution in [3.8, 4) is 5.75 Å². The summed E-state index contributed by atoms with van der Waals surface area (Å²) in [5.74, 6) is -1.24. The first kappa shape index (κ1) is 12.7. The monoisotopic (exact) mass is 237 g/mol. The van der Waals surface area contributed by atoms with Crippen molar-refractivity contribution in [2.24, 2.45) is 0 Å². The van der Waals surface area contributed by atoms with E-state index in [-0.39, 0.29) is 23.6 Å². The van der Waals surface area contributed by atoms with Gasteiger partial charge in [-0.05, 0) is 18.6 Å². The number of carboxylic acid groups (broad SMARTS) is 1. The zero-order chi connectivity index (χ0) is 13.0. The molecule has 1 rings (SSSR count). The number of hydrogen-bond donors (Lipinski definition) is 1. The van der Waals surface area contributed by atoms with Gasteiger partial charge in [-0.25, -0.2) is 4.79 Å². The zero-order valence-electron chi connectivity index (χ0n) is 9.17. The molecular formula is C11H11NO5. The maximum atomic E-state index is 10.7. The maximum Gasteiger partial charge on any atom is 0.335 e. The number of benzene rings is 1. The van der Waals surface area contributed by atoms with E-state index in [9.17, 15) is 14.9 Å². The average Bonchev–Trinajstić information content (AvgIpc) is 2.25. The summed E-state index contributed by atoms with van der Waals surface area (Å²) in [7, 11) is 0. The Labute approximate surface area is 97.3 Å². The van der Waals surface area contributed by atoms with Crippen LogP contribution in [-0.2, 0) is 0 Å². The number of ether oxygens (including phenoxy) is 1. The van der Waals surface area contributed by atoms with Gasteiger partial charge >= 0.3 is 11.7 Å². The fraction of sp³-hybridized carbons (Fsp3) is 0.182. The van der Waals surface area contributed by atoms with Crippen LogP contribution in [0.1, 0.15) is 17.3 Å². The molecule has 1 aromatic carbocycles. The number of nitro benzene ring substituents is 1. The molecule has 17 heavy (non-hydrogen) atoms. The highest BCUT2D eigenvalue weighted by Crippen LogP contribution is 2.28. The van der Waals surface area contributed by atoms with E-state index < -0.39 is 10.9 Å². The Morgan fingerprint density at radius 3 is 2.71 bits per heavy atom. The van der Waals surface area contributed by atoms with E-state index in [1.165, 1.54) is 0 Å². The molecule has 0 saturated carbocycles. The number of hydrogen-bond acceptors (Lipinski definition) is 4. The van der Waals surface area contributed by atoms with Crippen LogP contribution in [0.5, 0.6) is 5.75 Å². The largest absolute Gasteiger partial charge is 0.482 e. The molecule has 1 N–H and O–H groups in total. The number of aromatic carboxylic acids is 1. The van der Waals surface area contributed by atoms with E-state index in [0.29, 0.717) is 5.57 Å². The van der Waals surface area contributed by atoms with Gasteiger partial charge in [-0.2, -0.15) is 0 Å². The molecule has 0 amide bonds. The molecule has 90 valence electrons. The van der Waals surface area contributed by atoms with Gasteiger partial charge in [0, 0.05) is 12.1 Å². The van der Waals surface area contributed by atoms with Crippen LogP contribution in [-0.4, -0.2) is 22.6 Å². The van der Waals surface area contributed by atoms with E-state index in [1.54, 1.807) is 6.92 Å². The molecule has 0 heterocycles. The number of rotatable bonds is 5. The second-order valence-electron chi connectivity index (χ2n) is 3.49. The van der Waals surface area contributed by atoms with Gasteiger partial charge in [-0.1, -0.05) is 6.58 Å². The first-order chi connectivity index (χ1) is 7.91. The Hall–Kier alpha value is -2.37. The SMILES string of the molecule is C=C(C)COc1cc(C(=O)O)ccc1[N+](=O)[O-]. The van der Waals surface area contributed by atoms with E-state index in [2.05, 4.69) is 6.58 Å². The van der Waals surface area contributed by atoms with Gasteiger partial charge in [0.2, 0.25) is 0 Å². The van der Waals surface area contributed by atoms with Crippen LogP contribution in [0.25, 0.3) is 0 Å². The van der Waals surface area contributed by atoms with Gasteiger partial charge in [-0.15, -0.1) is 0 Å². The molecule has 0 saturated heterocycles. The minimum Gasteiger partial charge on any atom is -0.482 e. The molecule has 0 unspecified atom stereocenters. The fourth-order valence-electron chi connectivity index (χ4n) is 1.11. The van der Waals surface area contributed by atoms with Crippen LogP contribution in [0.3, 0.4) is 0 Å². The van der Waals surface area contributed by atoms with Gasteiger partial charge in [-0.3, -0.25) is 10.1 Å². The summed E-state index contributed by atoms with van der Waals surface area (Å²) in [4.78, 5) is 20.8. The highest BCUT2D eigenvalue weighted by atomic mass is 16.6. The average molecular weight is 237 g/mol. The van der Waals surface area contributed by atoms with Gasteiger partial charge < -0.3 is 9.84 Å². The predicted molar refractivity (Wildman–Crippen MR) is 60.4 cm³/mol. The van der Waals surface area contributed by atoms with Crippen molar-refractivity contribution in [3.05, 3.63) is 46.0 Å². The molecule has 0 spiro atoms. The molecule has 0 fully saturated rings. The quantitative estimate of drug-likeness (QED) is 0.482. The van der Waals surface area contributed by atoms with E-state index in [1.807, 2.05) is 0 Å². The molecule has 1 aromatic rings. The predicted octanol–water partition coefficient (Wildman–Crippen LogP) is 2.25. The van der Waals surface area contributed by atoms with Crippen molar-refractivity contribution in [3.63, 3.8) is 0 Å². The first-order valence-corrected chi connectivity index (χ1v) is 4.70. The lowest BCUT2D eigenvalue weighted by Gasteiger charge is -2.07.